The molecule has 2 rings (SSSR count). The first kappa shape index (κ1) is 16.1. The van der Waals surface area contributed by atoms with Crippen molar-refractivity contribution in [3.05, 3.63) is 18.2 Å². The van der Waals surface area contributed by atoms with Gasteiger partial charge in [0.25, 0.3) is 0 Å². The number of aliphatic hydroxyl groups excluding tert-OH is 1. The van der Waals surface area contributed by atoms with E-state index in [9.17, 15) is 13.5 Å². The highest BCUT2D eigenvalue weighted by atomic mass is 32.2. The molecule has 1 aliphatic heterocycles. The average molecular weight is 313 g/mol. The fourth-order valence-electron chi connectivity index (χ4n) is 2.60. The minimum atomic E-state index is -3.47. The van der Waals surface area contributed by atoms with E-state index in [0.29, 0.717) is 12.2 Å². The molecule has 1 unspecified atom stereocenters. The molecule has 1 aromatic rings. The summed E-state index contributed by atoms with van der Waals surface area (Å²) in [4.78, 5) is 2.30. The molecule has 0 bridgehead atoms. The van der Waals surface area contributed by atoms with Crippen molar-refractivity contribution in [2.75, 3.05) is 44.4 Å². The molecule has 1 aromatic carbocycles. The van der Waals surface area contributed by atoms with Crippen LogP contribution in [0, 0.1) is 5.92 Å². The number of hydrogen-bond donors (Lipinski definition) is 2. The van der Waals surface area contributed by atoms with Crippen LogP contribution in [-0.4, -0.2) is 51.6 Å². The van der Waals surface area contributed by atoms with Crippen molar-refractivity contribution in [1.29, 1.82) is 0 Å². The number of nitrogens with zero attached hydrogens (tertiary/aromatic N) is 2. The molecule has 0 saturated carbocycles. The van der Waals surface area contributed by atoms with Crippen molar-refractivity contribution in [3.8, 4) is 0 Å². The largest absolute Gasteiger partial charge is 0.397 e. The molecule has 0 amide bonds. The van der Waals surface area contributed by atoms with Gasteiger partial charge in [0.05, 0.1) is 16.3 Å². The number of piperidine rings is 1. The number of rotatable bonds is 4. The van der Waals surface area contributed by atoms with Crippen LogP contribution in [-0.2, 0) is 10.0 Å². The molecule has 0 spiro atoms. The predicted molar refractivity (Wildman–Crippen MR) is 83.8 cm³/mol. The normalized spacial score (nSPS) is 20.0. The zero-order chi connectivity index (χ0) is 15.6. The molecule has 0 aliphatic carbocycles. The SMILES string of the molecule is CN(C)S(=O)(=O)c1ccc(N)c(N2CCCC(CO)C2)c1. The van der Waals surface area contributed by atoms with Gasteiger partial charge in [0.2, 0.25) is 10.0 Å². The van der Waals surface area contributed by atoms with Gasteiger partial charge in [-0.2, -0.15) is 0 Å². The van der Waals surface area contributed by atoms with Gasteiger partial charge in [0, 0.05) is 33.8 Å². The van der Waals surface area contributed by atoms with Crippen LogP contribution in [0.3, 0.4) is 0 Å². The lowest BCUT2D eigenvalue weighted by molar-refractivity contribution is 0.209. The predicted octanol–water partition coefficient (Wildman–Crippen LogP) is 0.728. The van der Waals surface area contributed by atoms with Crippen molar-refractivity contribution < 1.29 is 13.5 Å². The van der Waals surface area contributed by atoms with Gasteiger partial charge in [-0.25, -0.2) is 12.7 Å². The summed E-state index contributed by atoms with van der Waals surface area (Å²) >= 11 is 0. The van der Waals surface area contributed by atoms with Gasteiger partial charge in [-0.1, -0.05) is 0 Å². The van der Waals surface area contributed by atoms with E-state index < -0.39 is 10.0 Å². The van der Waals surface area contributed by atoms with Crippen LogP contribution in [0.1, 0.15) is 12.8 Å². The smallest absolute Gasteiger partial charge is 0.242 e. The summed E-state index contributed by atoms with van der Waals surface area (Å²) in [5, 5.41) is 9.32. The van der Waals surface area contributed by atoms with E-state index in [1.807, 2.05) is 0 Å². The summed E-state index contributed by atoms with van der Waals surface area (Å²) in [6.45, 7) is 1.67. The monoisotopic (exact) mass is 313 g/mol. The highest BCUT2D eigenvalue weighted by molar-refractivity contribution is 7.89. The van der Waals surface area contributed by atoms with E-state index >= 15 is 0 Å². The lowest BCUT2D eigenvalue weighted by atomic mass is 9.98. The Bertz CT molecular complexity index is 601. The molecule has 7 heteroatoms. The van der Waals surface area contributed by atoms with Gasteiger partial charge in [0.15, 0.2) is 0 Å². The fourth-order valence-corrected chi connectivity index (χ4v) is 3.52. The first-order valence-electron chi connectivity index (χ1n) is 7.04. The first-order chi connectivity index (χ1) is 9.86. The van der Waals surface area contributed by atoms with E-state index in [0.717, 1.165) is 25.1 Å². The zero-order valence-electron chi connectivity index (χ0n) is 12.5. The Hall–Kier alpha value is -1.31. The number of hydrogen-bond acceptors (Lipinski definition) is 5. The van der Waals surface area contributed by atoms with E-state index in [-0.39, 0.29) is 17.4 Å². The summed E-state index contributed by atoms with van der Waals surface area (Å²) in [7, 11) is -0.456. The number of benzene rings is 1. The molecule has 21 heavy (non-hydrogen) atoms. The second-order valence-electron chi connectivity index (χ2n) is 5.64. The van der Waals surface area contributed by atoms with Crippen LogP contribution in [0.25, 0.3) is 0 Å². The third-order valence-electron chi connectivity index (χ3n) is 3.90. The molecule has 6 nitrogen and oxygen atoms in total. The van der Waals surface area contributed by atoms with Gasteiger partial charge in [0.1, 0.15) is 0 Å². The van der Waals surface area contributed by atoms with Gasteiger partial charge in [-0.05, 0) is 37.0 Å². The molecule has 1 heterocycles. The molecule has 1 aliphatic rings. The van der Waals surface area contributed by atoms with Crippen LogP contribution in [0.5, 0.6) is 0 Å². The molecule has 3 N–H and O–H groups in total. The lowest BCUT2D eigenvalue weighted by Gasteiger charge is -2.34. The van der Waals surface area contributed by atoms with Crippen molar-refractivity contribution in [3.63, 3.8) is 0 Å². The molecule has 1 atom stereocenters. The third kappa shape index (κ3) is 3.30. The Morgan fingerprint density at radius 3 is 2.76 bits per heavy atom. The first-order valence-corrected chi connectivity index (χ1v) is 8.48. The summed E-state index contributed by atoms with van der Waals surface area (Å²) in [6.07, 6.45) is 1.96. The van der Waals surface area contributed by atoms with Crippen LogP contribution in [0.15, 0.2) is 23.1 Å². The minimum absolute atomic E-state index is 0.145. The van der Waals surface area contributed by atoms with Crippen molar-refractivity contribution in [2.45, 2.75) is 17.7 Å². The van der Waals surface area contributed by atoms with Crippen molar-refractivity contribution >= 4 is 21.4 Å². The number of aliphatic hydroxyl groups is 1. The second kappa shape index (κ2) is 6.21. The fraction of sp³-hybridized carbons (Fsp3) is 0.571. The molecular weight excluding hydrogens is 290 g/mol. The van der Waals surface area contributed by atoms with Crippen molar-refractivity contribution in [1.82, 2.24) is 4.31 Å². The standard InChI is InChI=1S/C14H23N3O3S/c1-16(2)21(19,20)12-5-6-13(15)14(8-12)17-7-3-4-11(9-17)10-18/h5-6,8,11,18H,3-4,7,9-10,15H2,1-2H3. The molecular formula is C14H23N3O3S. The minimum Gasteiger partial charge on any atom is -0.397 e. The van der Waals surface area contributed by atoms with Crippen LogP contribution >= 0.6 is 0 Å². The molecule has 0 aromatic heterocycles. The number of sulfonamides is 1. The molecule has 1 saturated heterocycles. The summed E-state index contributed by atoms with van der Waals surface area (Å²) in [5.74, 6) is 0.215. The number of nitrogens with two attached hydrogens (primary N) is 1. The maximum Gasteiger partial charge on any atom is 0.242 e. The highest BCUT2D eigenvalue weighted by Crippen LogP contribution is 2.31. The third-order valence-corrected chi connectivity index (χ3v) is 5.71. The quantitative estimate of drug-likeness (QED) is 0.800. The maximum absolute atomic E-state index is 12.2. The Labute approximate surface area is 126 Å². The van der Waals surface area contributed by atoms with E-state index in [4.69, 9.17) is 5.73 Å². The summed E-state index contributed by atoms with van der Waals surface area (Å²) in [6, 6.07) is 4.79. The van der Waals surface area contributed by atoms with Gasteiger partial charge >= 0.3 is 0 Å². The number of nitrogen functional groups attached to an aromatic ring is 1. The topological polar surface area (TPSA) is 86.9 Å². The zero-order valence-corrected chi connectivity index (χ0v) is 13.3. The Morgan fingerprint density at radius 1 is 1.43 bits per heavy atom. The molecule has 1 fully saturated rings. The van der Waals surface area contributed by atoms with Crippen LogP contribution in [0.4, 0.5) is 11.4 Å². The molecule has 0 radical (unpaired) electrons. The van der Waals surface area contributed by atoms with Crippen LogP contribution in [0.2, 0.25) is 0 Å². The lowest BCUT2D eigenvalue weighted by Crippen LogP contribution is -2.37. The Balaban J connectivity index is 2.36. The van der Waals surface area contributed by atoms with Gasteiger partial charge < -0.3 is 15.7 Å². The maximum atomic E-state index is 12.2. The average Bonchev–Trinajstić information content (AvgIpc) is 2.47. The second-order valence-corrected chi connectivity index (χ2v) is 7.80. The van der Waals surface area contributed by atoms with E-state index in [1.54, 1.807) is 12.1 Å². The number of anilines is 2. The van der Waals surface area contributed by atoms with Crippen LogP contribution < -0.4 is 10.6 Å². The molecule has 118 valence electrons. The van der Waals surface area contributed by atoms with Crippen molar-refractivity contribution in [2.24, 2.45) is 5.92 Å². The highest BCUT2D eigenvalue weighted by Gasteiger charge is 2.24. The summed E-state index contributed by atoms with van der Waals surface area (Å²) < 4.78 is 25.6. The Morgan fingerprint density at radius 2 is 2.14 bits per heavy atom. The van der Waals surface area contributed by atoms with Gasteiger partial charge in [-0.15, -0.1) is 0 Å². The van der Waals surface area contributed by atoms with E-state index in [2.05, 4.69) is 4.90 Å². The summed E-state index contributed by atoms with van der Waals surface area (Å²) in [5.41, 5.74) is 7.31. The van der Waals surface area contributed by atoms with E-state index in [1.165, 1.54) is 24.5 Å². The van der Waals surface area contributed by atoms with Gasteiger partial charge in [-0.3, -0.25) is 0 Å². The Kier molecular flexibility index (Phi) is 4.75.